The van der Waals surface area contributed by atoms with Crippen LogP contribution < -0.4 is 5.32 Å². The predicted molar refractivity (Wildman–Crippen MR) is 70.3 cm³/mol. The van der Waals surface area contributed by atoms with Crippen molar-refractivity contribution in [2.75, 3.05) is 26.2 Å². The van der Waals surface area contributed by atoms with Crippen molar-refractivity contribution in [1.29, 1.82) is 0 Å². The molecular formula is C14H18FN3O. The molecule has 0 bridgehead atoms. The second kappa shape index (κ2) is 4.81. The van der Waals surface area contributed by atoms with Crippen LogP contribution in [0.15, 0.2) is 18.2 Å². The van der Waals surface area contributed by atoms with Crippen molar-refractivity contribution >= 4 is 6.03 Å². The van der Waals surface area contributed by atoms with Crippen molar-refractivity contribution in [1.82, 2.24) is 15.1 Å². The van der Waals surface area contributed by atoms with Gasteiger partial charge in [-0.3, -0.25) is 4.90 Å². The van der Waals surface area contributed by atoms with Gasteiger partial charge >= 0.3 is 6.03 Å². The number of hydrogen-bond donors (Lipinski definition) is 1. The molecule has 2 aliphatic heterocycles. The normalized spacial score (nSPS) is 20.5. The van der Waals surface area contributed by atoms with Gasteiger partial charge in [0.2, 0.25) is 0 Å². The number of hydrogen-bond acceptors (Lipinski definition) is 2. The molecule has 4 nitrogen and oxygen atoms in total. The quantitative estimate of drug-likeness (QED) is 0.893. The molecule has 0 unspecified atom stereocenters. The zero-order valence-electron chi connectivity index (χ0n) is 11.0. The number of rotatable bonds is 3. The second-order valence-electron chi connectivity index (χ2n) is 5.34. The van der Waals surface area contributed by atoms with Crippen molar-refractivity contribution in [3.63, 3.8) is 0 Å². The van der Waals surface area contributed by atoms with Crippen LogP contribution in [-0.4, -0.2) is 48.1 Å². The number of nitrogens with one attached hydrogen (secondary N) is 1. The average molecular weight is 263 g/mol. The zero-order valence-corrected chi connectivity index (χ0v) is 11.0. The Kier molecular flexibility index (Phi) is 3.14. The molecule has 1 aromatic carbocycles. The van der Waals surface area contributed by atoms with Gasteiger partial charge in [0, 0.05) is 32.7 Å². The first-order valence-electron chi connectivity index (χ1n) is 6.65. The molecule has 0 spiro atoms. The summed E-state index contributed by atoms with van der Waals surface area (Å²) in [5.41, 5.74) is 2.15. The number of likely N-dealkylation sites (tertiary alicyclic amines) is 1. The Hall–Kier alpha value is -1.62. The van der Waals surface area contributed by atoms with E-state index in [0.717, 1.165) is 43.9 Å². The van der Waals surface area contributed by atoms with Gasteiger partial charge < -0.3 is 10.2 Å². The summed E-state index contributed by atoms with van der Waals surface area (Å²) in [6, 6.07) is 5.32. The lowest BCUT2D eigenvalue weighted by molar-refractivity contribution is 0.0587. The van der Waals surface area contributed by atoms with Gasteiger partial charge in [0.15, 0.2) is 0 Å². The van der Waals surface area contributed by atoms with Crippen LogP contribution in [0.2, 0.25) is 0 Å². The summed E-state index contributed by atoms with van der Waals surface area (Å²) in [5.74, 6) is -0.184. The van der Waals surface area contributed by atoms with Gasteiger partial charge in [-0.2, -0.15) is 0 Å². The second-order valence-corrected chi connectivity index (χ2v) is 5.34. The SMILES string of the molecule is Cc1cc(F)ccc1CN1CC(N2CCNC2=O)C1. The third kappa shape index (κ3) is 2.42. The van der Waals surface area contributed by atoms with E-state index in [1.54, 1.807) is 6.07 Å². The van der Waals surface area contributed by atoms with E-state index in [1.165, 1.54) is 6.07 Å². The van der Waals surface area contributed by atoms with E-state index in [1.807, 2.05) is 17.9 Å². The van der Waals surface area contributed by atoms with Gasteiger partial charge in [-0.1, -0.05) is 6.07 Å². The highest BCUT2D eigenvalue weighted by Crippen LogP contribution is 2.21. The average Bonchev–Trinajstić information content (AvgIpc) is 2.71. The Morgan fingerprint density at radius 1 is 1.42 bits per heavy atom. The van der Waals surface area contributed by atoms with Crippen molar-refractivity contribution < 1.29 is 9.18 Å². The molecule has 0 radical (unpaired) electrons. The lowest BCUT2D eigenvalue weighted by Gasteiger charge is -2.43. The minimum Gasteiger partial charge on any atom is -0.336 e. The van der Waals surface area contributed by atoms with Gasteiger partial charge in [0.1, 0.15) is 5.82 Å². The van der Waals surface area contributed by atoms with Crippen LogP contribution >= 0.6 is 0 Å². The first-order valence-corrected chi connectivity index (χ1v) is 6.65. The first kappa shape index (κ1) is 12.4. The Morgan fingerprint density at radius 3 is 2.84 bits per heavy atom. The zero-order chi connectivity index (χ0) is 13.4. The number of aryl methyl sites for hydroxylation is 1. The van der Waals surface area contributed by atoms with Gasteiger partial charge in [0.25, 0.3) is 0 Å². The van der Waals surface area contributed by atoms with Crippen molar-refractivity contribution in [2.45, 2.75) is 19.5 Å². The summed E-state index contributed by atoms with van der Waals surface area (Å²) >= 11 is 0. The van der Waals surface area contributed by atoms with E-state index >= 15 is 0 Å². The summed E-state index contributed by atoms with van der Waals surface area (Å²) < 4.78 is 13.0. The molecule has 2 fully saturated rings. The number of nitrogens with zero attached hydrogens (tertiary/aromatic N) is 2. The largest absolute Gasteiger partial charge is 0.336 e. The van der Waals surface area contributed by atoms with E-state index in [9.17, 15) is 9.18 Å². The van der Waals surface area contributed by atoms with Crippen LogP contribution in [0.1, 0.15) is 11.1 Å². The van der Waals surface area contributed by atoms with Crippen LogP contribution in [-0.2, 0) is 6.54 Å². The highest BCUT2D eigenvalue weighted by Gasteiger charge is 2.36. The van der Waals surface area contributed by atoms with E-state index in [0.29, 0.717) is 6.04 Å². The fourth-order valence-corrected chi connectivity index (χ4v) is 2.78. The van der Waals surface area contributed by atoms with Crippen molar-refractivity contribution in [2.24, 2.45) is 0 Å². The molecule has 1 N–H and O–H groups in total. The monoisotopic (exact) mass is 263 g/mol. The Morgan fingerprint density at radius 2 is 2.21 bits per heavy atom. The van der Waals surface area contributed by atoms with E-state index in [4.69, 9.17) is 0 Å². The van der Waals surface area contributed by atoms with Crippen molar-refractivity contribution in [3.8, 4) is 0 Å². The Bertz CT molecular complexity index is 499. The van der Waals surface area contributed by atoms with Gasteiger partial charge in [-0.25, -0.2) is 9.18 Å². The summed E-state index contributed by atoms with van der Waals surface area (Å²) in [4.78, 5) is 15.7. The Balaban J connectivity index is 1.55. The fourth-order valence-electron chi connectivity index (χ4n) is 2.78. The molecule has 102 valence electrons. The number of carbonyl (C=O) groups excluding carboxylic acids is 1. The molecule has 0 saturated carbocycles. The fraction of sp³-hybridized carbons (Fsp3) is 0.500. The maximum Gasteiger partial charge on any atom is 0.317 e. The van der Waals surface area contributed by atoms with Gasteiger partial charge in [-0.05, 0) is 30.2 Å². The minimum absolute atomic E-state index is 0.0580. The van der Waals surface area contributed by atoms with Crippen LogP contribution in [0, 0.1) is 12.7 Å². The lowest BCUT2D eigenvalue weighted by atomic mass is 10.0. The van der Waals surface area contributed by atoms with E-state index in [2.05, 4.69) is 10.2 Å². The summed E-state index contributed by atoms with van der Waals surface area (Å²) in [7, 11) is 0. The number of urea groups is 1. The molecule has 0 atom stereocenters. The molecule has 1 aromatic rings. The van der Waals surface area contributed by atoms with Crippen LogP contribution in [0.4, 0.5) is 9.18 Å². The standard InChI is InChI=1S/C14H18FN3O/c1-10-6-12(15)3-2-11(10)7-17-8-13(9-17)18-5-4-16-14(18)19/h2-3,6,13H,4-5,7-9H2,1H3,(H,16,19). The van der Waals surface area contributed by atoms with Crippen molar-refractivity contribution in [3.05, 3.63) is 35.1 Å². The molecule has 2 amide bonds. The number of carbonyl (C=O) groups is 1. The van der Waals surface area contributed by atoms with Crippen LogP contribution in [0.5, 0.6) is 0 Å². The maximum absolute atomic E-state index is 13.0. The summed E-state index contributed by atoms with van der Waals surface area (Å²) in [6.45, 7) is 6.15. The number of amides is 2. The minimum atomic E-state index is -0.184. The smallest absolute Gasteiger partial charge is 0.317 e. The number of halogens is 1. The molecule has 0 aromatic heterocycles. The third-order valence-corrected chi connectivity index (χ3v) is 3.97. The van der Waals surface area contributed by atoms with Crippen LogP contribution in [0.3, 0.4) is 0 Å². The summed E-state index contributed by atoms with van der Waals surface area (Å²) in [6.07, 6.45) is 0. The van der Waals surface area contributed by atoms with E-state index < -0.39 is 0 Å². The third-order valence-electron chi connectivity index (χ3n) is 3.97. The molecule has 5 heteroatoms. The molecule has 3 rings (SSSR count). The molecular weight excluding hydrogens is 245 g/mol. The number of benzene rings is 1. The molecule has 2 heterocycles. The molecule has 2 aliphatic rings. The molecule has 19 heavy (non-hydrogen) atoms. The summed E-state index contributed by atoms with van der Waals surface area (Å²) in [5, 5.41) is 2.83. The topological polar surface area (TPSA) is 35.6 Å². The highest BCUT2D eigenvalue weighted by molar-refractivity contribution is 5.76. The first-order chi connectivity index (χ1) is 9.13. The highest BCUT2D eigenvalue weighted by atomic mass is 19.1. The molecule has 0 aliphatic carbocycles. The van der Waals surface area contributed by atoms with Gasteiger partial charge in [0.05, 0.1) is 6.04 Å². The maximum atomic E-state index is 13.0. The van der Waals surface area contributed by atoms with Gasteiger partial charge in [-0.15, -0.1) is 0 Å². The van der Waals surface area contributed by atoms with E-state index in [-0.39, 0.29) is 11.8 Å². The van der Waals surface area contributed by atoms with Crippen LogP contribution in [0.25, 0.3) is 0 Å². The Labute approximate surface area is 112 Å². The predicted octanol–water partition coefficient (Wildman–Crippen LogP) is 1.34. The molecule has 2 saturated heterocycles. The lowest BCUT2D eigenvalue weighted by Crippen LogP contribution is -2.59.